The lowest BCUT2D eigenvalue weighted by Gasteiger charge is -2.01. The topological polar surface area (TPSA) is 82.8 Å². The van der Waals surface area contributed by atoms with E-state index in [2.05, 4.69) is 9.47 Å². The summed E-state index contributed by atoms with van der Waals surface area (Å²) in [4.78, 5) is 33.9. The second-order valence-electron chi connectivity index (χ2n) is 3.31. The molecule has 0 atom stereocenters. The number of ketones is 1. The summed E-state index contributed by atoms with van der Waals surface area (Å²) in [5.74, 6) is -1.55. The first-order valence-corrected chi connectivity index (χ1v) is 4.77. The van der Waals surface area contributed by atoms with Gasteiger partial charge in [0.15, 0.2) is 0 Å². The zero-order valence-electron chi connectivity index (χ0n) is 9.73. The van der Waals surface area contributed by atoms with Crippen molar-refractivity contribution in [2.75, 3.05) is 14.2 Å². The Morgan fingerprint density at radius 2 is 1.76 bits per heavy atom. The Bertz CT molecular complexity index is 457. The zero-order valence-corrected chi connectivity index (χ0v) is 9.73. The molecule has 17 heavy (non-hydrogen) atoms. The number of furan rings is 1. The lowest BCUT2D eigenvalue weighted by molar-refractivity contribution is -0.116. The Morgan fingerprint density at radius 3 is 2.24 bits per heavy atom. The van der Waals surface area contributed by atoms with Crippen LogP contribution in [0.2, 0.25) is 0 Å². The summed E-state index contributed by atoms with van der Waals surface area (Å²) < 4.78 is 14.1. The van der Waals surface area contributed by atoms with Crippen LogP contribution < -0.4 is 0 Å². The van der Waals surface area contributed by atoms with Crippen molar-refractivity contribution in [3.05, 3.63) is 23.2 Å². The molecule has 0 unspecified atom stereocenters. The van der Waals surface area contributed by atoms with Gasteiger partial charge in [0.05, 0.1) is 20.6 Å². The molecule has 6 heteroatoms. The Kier molecular flexibility index (Phi) is 4.03. The van der Waals surface area contributed by atoms with E-state index in [-0.39, 0.29) is 29.1 Å². The van der Waals surface area contributed by atoms with Gasteiger partial charge in [-0.3, -0.25) is 4.79 Å². The molecule has 0 saturated heterocycles. The molecule has 1 aromatic rings. The zero-order chi connectivity index (χ0) is 13.0. The number of Topliss-reactive ketones (excluding diaryl/α,β-unsaturated/α-hetero) is 1. The molecule has 0 fully saturated rings. The van der Waals surface area contributed by atoms with Crippen LogP contribution in [0.3, 0.4) is 0 Å². The van der Waals surface area contributed by atoms with Gasteiger partial charge in [-0.1, -0.05) is 0 Å². The molecule has 1 rings (SSSR count). The van der Waals surface area contributed by atoms with Crippen LogP contribution in [-0.4, -0.2) is 31.9 Å². The monoisotopic (exact) mass is 240 g/mol. The van der Waals surface area contributed by atoms with Crippen molar-refractivity contribution in [1.29, 1.82) is 0 Å². The Balaban J connectivity index is 3.24. The molecule has 1 heterocycles. The summed E-state index contributed by atoms with van der Waals surface area (Å²) >= 11 is 0. The molecule has 6 nitrogen and oxygen atoms in total. The van der Waals surface area contributed by atoms with E-state index in [1.807, 2.05) is 0 Å². The summed E-state index contributed by atoms with van der Waals surface area (Å²) in [6.45, 7) is 1.35. The fourth-order valence-corrected chi connectivity index (χ4v) is 1.34. The van der Waals surface area contributed by atoms with Crippen molar-refractivity contribution in [2.24, 2.45) is 0 Å². The maximum atomic E-state index is 11.5. The summed E-state index contributed by atoms with van der Waals surface area (Å²) in [5, 5.41) is 0. The van der Waals surface area contributed by atoms with E-state index in [0.717, 1.165) is 6.26 Å². The molecule has 0 aliphatic rings. The maximum absolute atomic E-state index is 11.5. The SMILES string of the molecule is COC(=O)c1coc(CC(C)=O)c1C(=O)OC. The first kappa shape index (κ1) is 13.0. The molecular formula is C11H12O6. The number of rotatable bonds is 4. The second kappa shape index (κ2) is 5.29. The molecule has 0 aromatic carbocycles. The van der Waals surface area contributed by atoms with Crippen LogP contribution in [-0.2, 0) is 20.7 Å². The number of carbonyl (C=O) groups is 3. The summed E-state index contributed by atoms with van der Waals surface area (Å²) in [6.07, 6.45) is 0.998. The molecule has 1 aromatic heterocycles. The average molecular weight is 240 g/mol. The van der Waals surface area contributed by atoms with Crippen molar-refractivity contribution in [2.45, 2.75) is 13.3 Å². The summed E-state index contributed by atoms with van der Waals surface area (Å²) in [6, 6.07) is 0. The normalized spacial score (nSPS) is 9.82. The number of methoxy groups -OCH3 is 2. The standard InChI is InChI=1S/C11H12O6/c1-6(12)4-8-9(11(14)16-3)7(5-17-8)10(13)15-2/h5H,4H2,1-3H3. The Morgan fingerprint density at radius 1 is 1.18 bits per heavy atom. The molecular weight excluding hydrogens is 228 g/mol. The van der Waals surface area contributed by atoms with Crippen LogP contribution in [0.5, 0.6) is 0 Å². The van der Waals surface area contributed by atoms with Gasteiger partial charge in [-0.05, 0) is 6.92 Å². The molecule has 92 valence electrons. The highest BCUT2D eigenvalue weighted by molar-refractivity contribution is 6.04. The van der Waals surface area contributed by atoms with Gasteiger partial charge in [0.25, 0.3) is 0 Å². The molecule has 0 N–H and O–H groups in total. The van der Waals surface area contributed by atoms with Gasteiger partial charge in [-0.2, -0.15) is 0 Å². The van der Waals surface area contributed by atoms with Crippen molar-refractivity contribution in [1.82, 2.24) is 0 Å². The third kappa shape index (κ3) is 2.72. The number of esters is 2. The van der Waals surface area contributed by atoms with Crippen molar-refractivity contribution in [3.63, 3.8) is 0 Å². The van der Waals surface area contributed by atoms with Crippen molar-refractivity contribution in [3.8, 4) is 0 Å². The van der Waals surface area contributed by atoms with Crippen LogP contribution in [0, 0.1) is 0 Å². The lowest BCUT2D eigenvalue weighted by Crippen LogP contribution is -2.12. The van der Waals surface area contributed by atoms with Crippen molar-refractivity contribution < 1.29 is 28.3 Å². The largest absolute Gasteiger partial charge is 0.467 e. The van der Waals surface area contributed by atoms with E-state index in [0.29, 0.717) is 0 Å². The molecule has 0 aliphatic carbocycles. The van der Waals surface area contributed by atoms with Crippen molar-refractivity contribution >= 4 is 17.7 Å². The molecule has 0 amide bonds. The minimum atomic E-state index is -0.740. The van der Waals surface area contributed by atoms with Gasteiger partial charge >= 0.3 is 11.9 Å². The van der Waals surface area contributed by atoms with E-state index in [1.165, 1.54) is 21.1 Å². The van der Waals surface area contributed by atoms with Gasteiger partial charge in [0.2, 0.25) is 0 Å². The molecule has 0 spiro atoms. The predicted molar refractivity (Wildman–Crippen MR) is 55.8 cm³/mol. The highest BCUT2D eigenvalue weighted by Gasteiger charge is 2.26. The summed E-state index contributed by atoms with van der Waals surface area (Å²) in [7, 11) is 2.36. The quantitative estimate of drug-likeness (QED) is 0.729. The summed E-state index contributed by atoms with van der Waals surface area (Å²) in [5.41, 5.74) is -0.106. The van der Waals surface area contributed by atoms with Gasteiger partial charge in [0, 0.05) is 0 Å². The van der Waals surface area contributed by atoms with E-state index in [4.69, 9.17) is 4.42 Å². The number of hydrogen-bond donors (Lipinski definition) is 0. The number of carbonyl (C=O) groups excluding carboxylic acids is 3. The molecule has 0 bridgehead atoms. The molecule has 0 radical (unpaired) electrons. The van der Waals surface area contributed by atoms with E-state index in [1.54, 1.807) is 0 Å². The Labute approximate surface area is 97.5 Å². The minimum Gasteiger partial charge on any atom is -0.467 e. The fraction of sp³-hybridized carbons (Fsp3) is 0.364. The lowest BCUT2D eigenvalue weighted by atomic mass is 10.1. The second-order valence-corrected chi connectivity index (χ2v) is 3.31. The first-order valence-electron chi connectivity index (χ1n) is 4.77. The highest BCUT2D eigenvalue weighted by Crippen LogP contribution is 2.20. The first-order chi connectivity index (χ1) is 8.01. The maximum Gasteiger partial charge on any atom is 0.342 e. The van der Waals surface area contributed by atoms with Gasteiger partial charge in [-0.15, -0.1) is 0 Å². The van der Waals surface area contributed by atoms with Crippen LogP contribution in [0.4, 0.5) is 0 Å². The smallest absolute Gasteiger partial charge is 0.342 e. The third-order valence-corrected chi connectivity index (χ3v) is 2.07. The fourth-order valence-electron chi connectivity index (χ4n) is 1.34. The predicted octanol–water partition coefficient (Wildman–Crippen LogP) is 0.984. The van der Waals surface area contributed by atoms with Crippen LogP contribution in [0.1, 0.15) is 33.4 Å². The number of hydrogen-bond acceptors (Lipinski definition) is 6. The molecule has 0 saturated carbocycles. The third-order valence-electron chi connectivity index (χ3n) is 2.07. The van der Waals surface area contributed by atoms with Gasteiger partial charge in [-0.25, -0.2) is 9.59 Å². The number of ether oxygens (including phenoxy) is 2. The molecule has 0 aliphatic heterocycles. The van der Waals surface area contributed by atoms with Gasteiger partial charge < -0.3 is 13.9 Å². The van der Waals surface area contributed by atoms with E-state index in [9.17, 15) is 14.4 Å². The van der Waals surface area contributed by atoms with E-state index >= 15 is 0 Å². The van der Waals surface area contributed by atoms with E-state index < -0.39 is 11.9 Å². The highest BCUT2D eigenvalue weighted by atomic mass is 16.5. The minimum absolute atomic E-state index is 0.0457. The van der Waals surface area contributed by atoms with Crippen LogP contribution in [0.15, 0.2) is 10.7 Å². The van der Waals surface area contributed by atoms with Crippen LogP contribution in [0.25, 0.3) is 0 Å². The Hall–Kier alpha value is -2.11. The average Bonchev–Trinajstić information content (AvgIpc) is 2.69. The van der Waals surface area contributed by atoms with Gasteiger partial charge in [0.1, 0.15) is 28.9 Å². The van der Waals surface area contributed by atoms with Crippen LogP contribution >= 0.6 is 0 Å².